The molecule has 34 heavy (non-hydrogen) atoms. The Labute approximate surface area is 200 Å². The van der Waals surface area contributed by atoms with Crippen molar-refractivity contribution in [3.05, 3.63) is 35.5 Å². The van der Waals surface area contributed by atoms with Crippen molar-refractivity contribution in [2.24, 2.45) is 0 Å². The molecule has 1 aromatic carbocycles. The van der Waals surface area contributed by atoms with Crippen molar-refractivity contribution in [2.75, 3.05) is 57.6 Å². The van der Waals surface area contributed by atoms with E-state index in [1.807, 2.05) is 15.8 Å². The number of likely N-dealkylation sites (tertiary alicyclic amines) is 1. The van der Waals surface area contributed by atoms with Crippen LogP contribution < -0.4 is 15.4 Å². The molecule has 3 N–H and O–H groups in total. The number of unbranched alkanes of at least 4 members (excludes halogenated alkanes) is 1. The first kappa shape index (κ1) is 24.2. The summed E-state index contributed by atoms with van der Waals surface area (Å²) in [6.07, 6.45) is 4.25. The Morgan fingerprint density at radius 3 is 2.71 bits per heavy atom. The van der Waals surface area contributed by atoms with Crippen LogP contribution in [0.5, 0.6) is 5.75 Å². The number of hydrogen-bond acceptors (Lipinski definition) is 9. The number of nitrogens with two attached hydrogens (primary N) is 1. The number of rotatable bonds is 12. The second kappa shape index (κ2) is 11.0. The summed E-state index contributed by atoms with van der Waals surface area (Å²) in [5.41, 5.74) is 9.60. The minimum absolute atomic E-state index is 0.0307. The van der Waals surface area contributed by atoms with Crippen LogP contribution in [0.1, 0.15) is 30.9 Å². The molecule has 0 radical (unpaired) electrons. The summed E-state index contributed by atoms with van der Waals surface area (Å²) in [5.74, 6) is 1.69. The third-order valence-electron chi connectivity index (χ3n) is 6.21. The number of nitrogen functional groups attached to an aromatic ring is 1. The van der Waals surface area contributed by atoms with Crippen molar-refractivity contribution in [1.82, 2.24) is 24.6 Å². The van der Waals surface area contributed by atoms with Gasteiger partial charge in [0.05, 0.1) is 32.6 Å². The van der Waals surface area contributed by atoms with E-state index in [4.69, 9.17) is 20.3 Å². The van der Waals surface area contributed by atoms with Gasteiger partial charge in [-0.25, -0.2) is 4.98 Å². The lowest BCUT2D eigenvalue weighted by molar-refractivity contribution is -0.0334. The maximum Gasteiger partial charge on any atom is 0.222 e. The van der Waals surface area contributed by atoms with E-state index in [1.54, 1.807) is 14.2 Å². The number of hydrogen-bond donors (Lipinski definition) is 2. The average molecular weight is 470 g/mol. The topological polar surface area (TPSA) is 115 Å². The molecule has 0 atom stereocenters. The van der Waals surface area contributed by atoms with Gasteiger partial charge in [-0.1, -0.05) is 25.5 Å². The van der Waals surface area contributed by atoms with Crippen molar-refractivity contribution >= 4 is 22.8 Å². The van der Waals surface area contributed by atoms with Gasteiger partial charge in [-0.3, -0.25) is 9.58 Å². The largest absolute Gasteiger partial charge is 0.496 e. The van der Waals surface area contributed by atoms with Gasteiger partial charge in [-0.05, 0) is 18.1 Å². The highest BCUT2D eigenvalue weighted by Gasteiger charge is 2.26. The van der Waals surface area contributed by atoms with E-state index in [0.717, 1.165) is 50.3 Å². The van der Waals surface area contributed by atoms with Crippen molar-refractivity contribution < 1.29 is 14.6 Å². The molecule has 1 saturated heterocycles. The Bertz CT molecular complexity index is 1100. The summed E-state index contributed by atoms with van der Waals surface area (Å²) < 4.78 is 12.9. The molecule has 3 heterocycles. The second-order valence-electron chi connectivity index (χ2n) is 8.73. The SMILES string of the molecule is CCCCN(CCO)c1nc(N)nc2cn(Cc3ccc(CN4CC(OC)C4)cc3OC)nc12. The normalized spacial score (nSPS) is 14.5. The molecule has 4 rings (SSSR count). The van der Waals surface area contributed by atoms with Crippen LogP contribution in [0, 0.1) is 0 Å². The van der Waals surface area contributed by atoms with Crippen LogP contribution in [0.15, 0.2) is 24.4 Å². The first-order valence-corrected chi connectivity index (χ1v) is 11.8. The van der Waals surface area contributed by atoms with Crippen LogP contribution in [0.25, 0.3) is 11.0 Å². The molecule has 10 nitrogen and oxygen atoms in total. The van der Waals surface area contributed by atoms with Crippen molar-refractivity contribution in [3.8, 4) is 5.75 Å². The fourth-order valence-electron chi connectivity index (χ4n) is 4.31. The first-order chi connectivity index (χ1) is 16.5. The fourth-order valence-corrected chi connectivity index (χ4v) is 4.31. The van der Waals surface area contributed by atoms with Gasteiger partial charge in [-0.15, -0.1) is 0 Å². The Morgan fingerprint density at radius 2 is 2.00 bits per heavy atom. The van der Waals surface area contributed by atoms with Gasteiger partial charge in [0.2, 0.25) is 5.95 Å². The van der Waals surface area contributed by atoms with Gasteiger partial charge >= 0.3 is 0 Å². The van der Waals surface area contributed by atoms with Gasteiger partial charge in [0.25, 0.3) is 0 Å². The van der Waals surface area contributed by atoms with Crippen LogP contribution in [-0.2, 0) is 17.8 Å². The Hall–Kier alpha value is -2.95. The number of ether oxygens (including phenoxy) is 2. The molecule has 0 bridgehead atoms. The summed E-state index contributed by atoms with van der Waals surface area (Å²) in [6, 6.07) is 6.32. The van der Waals surface area contributed by atoms with Gasteiger partial charge in [0.1, 0.15) is 11.3 Å². The Kier molecular flexibility index (Phi) is 7.81. The predicted octanol–water partition coefficient (Wildman–Crippen LogP) is 1.89. The van der Waals surface area contributed by atoms with Crippen LogP contribution in [0.4, 0.5) is 11.8 Å². The summed E-state index contributed by atoms with van der Waals surface area (Å²) in [6.45, 7) is 6.72. The van der Waals surface area contributed by atoms with E-state index in [2.05, 4.69) is 40.0 Å². The minimum Gasteiger partial charge on any atom is -0.496 e. The predicted molar refractivity (Wildman–Crippen MR) is 132 cm³/mol. The average Bonchev–Trinajstić information content (AvgIpc) is 3.21. The monoisotopic (exact) mass is 469 g/mol. The van der Waals surface area contributed by atoms with E-state index >= 15 is 0 Å². The highest BCUT2D eigenvalue weighted by Crippen LogP contribution is 2.27. The van der Waals surface area contributed by atoms with E-state index in [-0.39, 0.29) is 12.6 Å². The molecule has 0 spiro atoms. The molecular weight excluding hydrogens is 434 g/mol. The van der Waals surface area contributed by atoms with Gasteiger partial charge in [0.15, 0.2) is 11.3 Å². The van der Waals surface area contributed by atoms with Crippen molar-refractivity contribution in [3.63, 3.8) is 0 Å². The zero-order valence-electron chi connectivity index (χ0n) is 20.3. The number of anilines is 2. The fraction of sp³-hybridized carbons (Fsp3) is 0.542. The zero-order chi connectivity index (χ0) is 24.1. The number of benzene rings is 1. The van der Waals surface area contributed by atoms with Gasteiger partial charge in [0, 0.05) is 45.4 Å². The molecule has 3 aromatic rings. The highest BCUT2D eigenvalue weighted by atomic mass is 16.5. The van der Waals surface area contributed by atoms with Crippen LogP contribution in [-0.4, -0.2) is 82.9 Å². The van der Waals surface area contributed by atoms with Crippen molar-refractivity contribution in [2.45, 2.75) is 39.0 Å². The molecule has 184 valence electrons. The molecule has 2 aromatic heterocycles. The van der Waals surface area contributed by atoms with Gasteiger partial charge < -0.3 is 25.2 Å². The molecule has 1 aliphatic heterocycles. The number of aromatic nitrogens is 4. The molecule has 10 heteroatoms. The lowest BCUT2D eigenvalue weighted by atomic mass is 10.1. The second-order valence-corrected chi connectivity index (χ2v) is 8.73. The molecule has 0 unspecified atom stereocenters. The first-order valence-electron chi connectivity index (χ1n) is 11.8. The molecule has 0 aliphatic carbocycles. The summed E-state index contributed by atoms with van der Waals surface area (Å²) in [4.78, 5) is 13.2. The summed E-state index contributed by atoms with van der Waals surface area (Å²) in [5, 5.41) is 14.3. The molecule has 1 aliphatic rings. The lowest BCUT2D eigenvalue weighted by Crippen LogP contribution is -2.50. The quantitative estimate of drug-likeness (QED) is 0.410. The zero-order valence-corrected chi connectivity index (χ0v) is 20.3. The Morgan fingerprint density at radius 1 is 1.18 bits per heavy atom. The summed E-state index contributed by atoms with van der Waals surface area (Å²) in [7, 11) is 3.45. The third-order valence-corrected chi connectivity index (χ3v) is 6.21. The Balaban J connectivity index is 1.56. The molecule has 0 amide bonds. The maximum atomic E-state index is 9.55. The van der Waals surface area contributed by atoms with E-state index < -0.39 is 0 Å². The number of aliphatic hydroxyl groups excluding tert-OH is 1. The maximum absolute atomic E-state index is 9.55. The minimum atomic E-state index is 0.0307. The summed E-state index contributed by atoms with van der Waals surface area (Å²) >= 11 is 0. The van der Waals surface area contributed by atoms with E-state index in [1.165, 1.54) is 5.56 Å². The smallest absolute Gasteiger partial charge is 0.222 e. The lowest BCUT2D eigenvalue weighted by Gasteiger charge is -2.38. The van der Waals surface area contributed by atoms with E-state index in [9.17, 15) is 5.11 Å². The van der Waals surface area contributed by atoms with Gasteiger partial charge in [-0.2, -0.15) is 10.1 Å². The van der Waals surface area contributed by atoms with Crippen molar-refractivity contribution in [1.29, 1.82) is 0 Å². The number of fused-ring (bicyclic) bond motifs is 1. The number of methoxy groups -OCH3 is 2. The van der Waals surface area contributed by atoms with E-state index in [0.29, 0.717) is 36.0 Å². The highest BCUT2D eigenvalue weighted by molar-refractivity contribution is 5.86. The molecular formula is C24H35N7O3. The molecule has 0 saturated carbocycles. The van der Waals surface area contributed by atoms with Crippen LogP contribution in [0.2, 0.25) is 0 Å². The number of nitrogens with zero attached hydrogens (tertiary/aromatic N) is 6. The molecule has 1 fully saturated rings. The standard InChI is InChI=1S/C24H35N7O3/c1-4-5-8-30(9-10-32)23-22-20(26-24(25)27-23)16-31(28-22)13-18-7-6-17(11-21(18)34-3)12-29-14-19(15-29)33-2/h6-7,11,16,19,32H,4-5,8-10,12-15H2,1-3H3,(H2,25,26). The van der Waals surface area contributed by atoms with Crippen LogP contribution in [0.3, 0.4) is 0 Å². The van der Waals surface area contributed by atoms with Crippen LogP contribution >= 0.6 is 0 Å². The number of aliphatic hydroxyl groups is 1. The third kappa shape index (κ3) is 5.40.